The summed E-state index contributed by atoms with van der Waals surface area (Å²) in [6.45, 7) is 8.76. The molecule has 0 saturated heterocycles. The third-order valence-electron chi connectivity index (χ3n) is 9.69. The maximum atomic E-state index is 4.11. The number of rotatable bonds is 12. The molecular formula is C36H52. The molecule has 2 aliphatic rings. The normalized spacial score (nSPS) is 25.4. The van der Waals surface area contributed by atoms with Crippen molar-refractivity contribution in [2.75, 3.05) is 0 Å². The van der Waals surface area contributed by atoms with Crippen molar-refractivity contribution in [1.29, 1.82) is 0 Å². The fraction of sp³-hybridized carbons (Fsp3) is 0.611. The molecule has 2 aromatic rings. The second-order valence-corrected chi connectivity index (χ2v) is 12.2. The van der Waals surface area contributed by atoms with Gasteiger partial charge >= 0.3 is 0 Å². The Kier molecular flexibility index (Phi) is 10.7. The van der Waals surface area contributed by atoms with Crippen LogP contribution in [0, 0.1) is 17.8 Å². The number of hydrogen-bond donors (Lipinski definition) is 0. The Bertz CT molecular complexity index is 873. The lowest BCUT2D eigenvalue weighted by Crippen LogP contribution is -2.20. The lowest BCUT2D eigenvalue weighted by atomic mass is 9.71. The summed E-state index contributed by atoms with van der Waals surface area (Å²) in [6.07, 6.45) is 23.0. The molecule has 0 spiro atoms. The summed E-state index contributed by atoms with van der Waals surface area (Å²) in [6, 6.07) is 19.1. The van der Waals surface area contributed by atoms with Crippen LogP contribution in [-0.4, -0.2) is 0 Å². The van der Waals surface area contributed by atoms with Gasteiger partial charge in [-0.2, -0.15) is 0 Å². The first-order valence-electron chi connectivity index (χ1n) is 15.5. The van der Waals surface area contributed by atoms with E-state index in [1.165, 1.54) is 107 Å². The molecule has 0 aliphatic heterocycles. The van der Waals surface area contributed by atoms with Gasteiger partial charge in [0.2, 0.25) is 0 Å². The van der Waals surface area contributed by atoms with Crippen LogP contribution >= 0.6 is 0 Å². The van der Waals surface area contributed by atoms with Crippen LogP contribution in [0.2, 0.25) is 0 Å². The van der Waals surface area contributed by atoms with Crippen molar-refractivity contribution in [1.82, 2.24) is 0 Å². The lowest BCUT2D eigenvalue weighted by Gasteiger charge is -2.34. The highest BCUT2D eigenvalue weighted by molar-refractivity contribution is 5.64. The molecule has 196 valence electrons. The van der Waals surface area contributed by atoms with Gasteiger partial charge in [-0.05, 0) is 96.8 Å². The molecular weight excluding hydrogens is 432 g/mol. The van der Waals surface area contributed by atoms with Gasteiger partial charge in [0.25, 0.3) is 0 Å². The third kappa shape index (κ3) is 7.36. The van der Waals surface area contributed by atoms with Gasteiger partial charge < -0.3 is 0 Å². The van der Waals surface area contributed by atoms with Crippen LogP contribution in [0.1, 0.15) is 133 Å². The summed E-state index contributed by atoms with van der Waals surface area (Å²) in [4.78, 5) is 0. The van der Waals surface area contributed by atoms with Crippen molar-refractivity contribution in [3.63, 3.8) is 0 Å². The lowest BCUT2D eigenvalue weighted by molar-refractivity contribution is 0.230. The summed E-state index contributed by atoms with van der Waals surface area (Å²) >= 11 is 0. The van der Waals surface area contributed by atoms with Gasteiger partial charge in [-0.15, -0.1) is 6.58 Å². The minimum absolute atomic E-state index is 0.637. The summed E-state index contributed by atoms with van der Waals surface area (Å²) < 4.78 is 0. The number of hydrogen-bond acceptors (Lipinski definition) is 0. The standard InChI is InChI=1S/C36H52/c1-4-7-8-11-29-14-18-34(19-15-29)36(10-6-3)35-26-24-33(25-27-35)32-22-20-31(21-23-32)30-16-12-28(9-5-2)13-17-30/h6,20-30,34,36H,3-5,7-19H2,1-2H3/t28-,29-,30-,34-,36?. The smallest absolute Gasteiger partial charge is 0.00991 e. The zero-order valence-electron chi connectivity index (χ0n) is 23.4. The first-order chi connectivity index (χ1) is 17.7. The van der Waals surface area contributed by atoms with Gasteiger partial charge in [0.15, 0.2) is 0 Å². The molecule has 0 N–H and O–H groups in total. The van der Waals surface area contributed by atoms with Crippen molar-refractivity contribution in [3.8, 4) is 11.1 Å². The highest BCUT2D eigenvalue weighted by Crippen LogP contribution is 2.42. The molecule has 1 unspecified atom stereocenters. The van der Waals surface area contributed by atoms with Crippen LogP contribution in [0.5, 0.6) is 0 Å². The predicted octanol–water partition coefficient (Wildman–Crippen LogP) is 11.5. The maximum absolute atomic E-state index is 4.11. The fourth-order valence-corrected chi connectivity index (χ4v) is 7.41. The summed E-state index contributed by atoms with van der Waals surface area (Å²) in [5.74, 6) is 4.20. The van der Waals surface area contributed by atoms with Crippen LogP contribution in [-0.2, 0) is 0 Å². The quantitative estimate of drug-likeness (QED) is 0.207. The first kappa shape index (κ1) is 27.2. The average molecular weight is 485 g/mol. The molecule has 2 fully saturated rings. The Labute approximate surface area is 223 Å². The molecule has 0 bridgehead atoms. The molecule has 0 heterocycles. The van der Waals surface area contributed by atoms with E-state index in [9.17, 15) is 0 Å². The van der Waals surface area contributed by atoms with Crippen LogP contribution in [0.25, 0.3) is 11.1 Å². The summed E-state index contributed by atoms with van der Waals surface area (Å²) in [5, 5.41) is 0. The molecule has 36 heavy (non-hydrogen) atoms. The van der Waals surface area contributed by atoms with E-state index in [-0.39, 0.29) is 0 Å². The average Bonchev–Trinajstić information content (AvgIpc) is 2.93. The Morgan fingerprint density at radius 3 is 1.86 bits per heavy atom. The minimum atomic E-state index is 0.637. The Hall–Kier alpha value is -1.82. The molecule has 2 saturated carbocycles. The van der Waals surface area contributed by atoms with Crippen molar-refractivity contribution >= 4 is 0 Å². The molecule has 0 amide bonds. The van der Waals surface area contributed by atoms with Gasteiger partial charge in [-0.1, -0.05) is 120 Å². The highest BCUT2D eigenvalue weighted by atomic mass is 14.3. The molecule has 0 nitrogen and oxygen atoms in total. The SMILES string of the molecule is C=CCC(c1ccc(-c2ccc([C@H]3CC[C@H](CCC)CC3)cc2)cc1)[C@H]1CC[C@H](CCCCC)CC1. The minimum Gasteiger partial charge on any atom is -0.103 e. The van der Waals surface area contributed by atoms with E-state index in [2.05, 4.69) is 75.0 Å². The van der Waals surface area contributed by atoms with Gasteiger partial charge in [-0.3, -0.25) is 0 Å². The number of unbranched alkanes of at least 4 members (excludes halogenated alkanes) is 2. The second-order valence-electron chi connectivity index (χ2n) is 12.2. The molecule has 4 rings (SSSR count). The van der Waals surface area contributed by atoms with Crippen molar-refractivity contribution in [2.24, 2.45) is 17.8 Å². The van der Waals surface area contributed by atoms with Gasteiger partial charge in [0.05, 0.1) is 0 Å². The molecule has 0 radical (unpaired) electrons. The van der Waals surface area contributed by atoms with E-state index in [1.54, 1.807) is 5.56 Å². The largest absolute Gasteiger partial charge is 0.103 e. The Morgan fingerprint density at radius 1 is 0.694 bits per heavy atom. The number of allylic oxidation sites excluding steroid dienone is 1. The Balaban J connectivity index is 1.34. The van der Waals surface area contributed by atoms with Crippen LogP contribution in [0.4, 0.5) is 0 Å². The van der Waals surface area contributed by atoms with Crippen LogP contribution in [0.3, 0.4) is 0 Å². The first-order valence-corrected chi connectivity index (χ1v) is 15.5. The number of benzene rings is 2. The summed E-state index contributed by atoms with van der Waals surface area (Å²) in [7, 11) is 0. The van der Waals surface area contributed by atoms with E-state index < -0.39 is 0 Å². The van der Waals surface area contributed by atoms with Crippen LogP contribution in [0.15, 0.2) is 61.2 Å². The van der Waals surface area contributed by atoms with Crippen molar-refractivity contribution in [2.45, 2.75) is 122 Å². The van der Waals surface area contributed by atoms with E-state index >= 15 is 0 Å². The maximum Gasteiger partial charge on any atom is -0.00991 e. The molecule has 2 aromatic carbocycles. The highest BCUT2D eigenvalue weighted by Gasteiger charge is 2.28. The van der Waals surface area contributed by atoms with E-state index in [0.717, 1.165) is 30.1 Å². The monoisotopic (exact) mass is 484 g/mol. The van der Waals surface area contributed by atoms with Crippen LogP contribution < -0.4 is 0 Å². The van der Waals surface area contributed by atoms with Gasteiger partial charge in [-0.25, -0.2) is 0 Å². The van der Waals surface area contributed by atoms with E-state index in [4.69, 9.17) is 0 Å². The zero-order chi connectivity index (χ0) is 25.2. The summed E-state index contributed by atoms with van der Waals surface area (Å²) in [5.41, 5.74) is 5.79. The van der Waals surface area contributed by atoms with Crippen molar-refractivity contribution < 1.29 is 0 Å². The molecule has 0 heteroatoms. The van der Waals surface area contributed by atoms with E-state index in [1.807, 2.05) is 0 Å². The molecule has 0 aromatic heterocycles. The zero-order valence-corrected chi connectivity index (χ0v) is 23.4. The Morgan fingerprint density at radius 2 is 1.28 bits per heavy atom. The fourth-order valence-electron chi connectivity index (χ4n) is 7.41. The topological polar surface area (TPSA) is 0 Å². The molecule has 2 aliphatic carbocycles. The van der Waals surface area contributed by atoms with Gasteiger partial charge in [0.1, 0.15) is 0 Å². The third-order valence-corrected chi connectivity index (χ3v) is 9.69. The van der Waals surface area contributed by atoms with Gasteiger partial charge in [0, 0.05) is 0 Å². The van der Waals surface area contributed by atoms with Crippen molar-refractivity contribution in [3.05, 3.63) is 72.3 Å². The second kappa shape index (κ2) is 14.2. The predicted molar refractivity (Wildman–Crippen MR) is 159 cm³/mol. The molecule has 1 atom stereocenters. The van der Waals surface area contributed by atoms with E-state index in [0.29, 0.717) is 5.92 Å².